The number of hydrogen-bond donors (Lipinski definition) is 1. The van der Waals surface area contributed by atoms with Crippen LogP contribution in [-0.2, 0) is 13.0 Å². The second-order valence-electron chi connectivity index (χ2n) is 7.81. The van der Waals surface area contributed by atoms with Gasteiger partial charge in [-0.1, -0.05) is 41.9 Å². The van der Waals surface area contributed by atoms with Crippen LogP contribution in [-0.4, -0.2) is 23.8 Å². The van der Waals surface area contributed by atoms with Crippen molar-refractivity contribution >= 4 is 23.2 Å². The summed E-state index contributed by atoms with van der Waals surface area (Å²) < 4.78 is 29.9. The average Bonchev–Trinajstić information content (AvgIpc) is 2.90. The minimum Gasteiger partial charge on any atom is -0.497 e. The van der Waals surface area contributed by atoms with Crippen LogP contribution >= 0.6 is 11.6 Å². The smallest absolute Gasteiger partial charge is 0.167 e. The largest absolute Gasteiger partial charge is 0.497 e. The third kappa shape index (κ3) is 10.7. The van der Waals surface area contributed by atoms with E-state index in [1.54, 1.807) is 31.4 Å². The van der Waals surface area contributed by atoms with Gasteiger partial charge in [-0.15, -0.1) is 0 Å². The molecule has 0 bridgehead atoms. The molecule has 1 N–H and O–H groups in total. The molecule has 0 radical (unpaired) electrons. The van der Waals surface area contributed by atoms with Gasteiger partial charge >= 0.3 is 0 Å². The Bertz CT molecular complexity index is 1290. The number of ketones is 2. The summed E-state index contributed by atoms with van der Waals surface area (Å²) in [7, 11) is 1.62. The number of carbonyl (C=O) groups is 2. The van der Waals surface area contributed by atoms with Gasteiger partial charge in [-0.25, -0.2) is 8.78 Å². The van der Waals surface area contributed by atoms with Crippen molar-refractivity contribution in [2.75, 3.05) is 7.11 Å². The van der Waals surface area contributed by atoms with Crippen molar-refractivity contribution in [3.63, 3.8) is 0 Å². The summed E-state index contributed by atoms with van der Waals surface area (Å²) in [5, 5.41) is 9.72. The maximum atomic E-state index is 12.7. The van der Waals surface area contributed by atoms with Gasteiger partial charge in [-0.05, 0) is 84.8 Å². The fourth-order valence-electron chi connectivity index (χ4n) is 3.04. The van der Waals surface area contributed by atoms with Crippen molar-refractivity contribution in [1.29, 1.82) is 0 Å². The van der Waals surface area contributed by atoms with Gasteiger partial charge in [0, 0.05) is 22.6 Å². The first kappa shape index (κ1) is 29.4. The van der Waals surface area contributed by atoms with Crippen LogP contribution in [0, 0.1) is 11.6 Å². The van der Waals surface area contributed by atoms with E-state index in [2.05, 4.69) is 0 Å². The van der Waals surface area contributed by atoms with Crippen molar-refractivity contribution in [3.05, 3.63) is 136 Å². The highest BCUT2D eigenvalue weighted by Crippen LogP contribution is 2.16. The molecule has 0 aliphatic carbocycles. The van der Waals surface area contributed by atoms with E-state index < -0.39 is 0 Å². The first-order valence-electron chi connectivity index (χ1n) is 11.2. The summed E-state index contributed by atoms with van der Waals surface area (Å²) in [5.41, 5.74) is 2.66. The Hall–Kier alpha value is -3.87. The van der Waals surface area contributed by atoms with Crippen molar-refractivity contribution < 1.29 is 28.2 Å². The number of methoxy groups -OCH3 is 1. The van der Waals surface area contributed by atoms with Crippen LogP contribution in [0.2, 0.25) is 5.02 Å². The molecule has 4 aromatic rings. The molecule has 4 nitrogen and oxygen atoms in total. The summed E-state index contributed by atoms with van der Waals surface area (Å²) >= 11 is 5.64. The van der Waals surface area contributed by atoms with E-state index in [0.717, 1.165) is 16.9 Å². The average molecular weight is 525 g/mol. The monoisotopic (exact) mass is 524 g/mol. The lowest BCUT2D eigenvalue weighted by molar-refractivity contribution is 0.0990. The van der Waals surface area contributed by atoms with E-state index >= 15 is 0 Å². The van der Waals surface area contributed by atoms with Gasteiger partial charge in [0.05, 0.1) is 13.7 Å². The third-order valence-corrected chi connectivity index (χ3v) is 5.22. The molecule has 4 rings (SSSR count). The predicted molar refractivity (Wildman–Crippen MR) is 141 cm³/mol. The fourth-order valence-corrected chi connectivity index (χ4v) is 3.22. The highest BCUT2D eigenvalue weighted by molar-refractivity contribution is 6.30. The molecule has 0 unspecified atom stereocenters. The second-order valence-corrected chi connectivity index (χ2v) is 8.25. The van der Waals surface area contributed by atoms with E-state index in [1.807, 2.05) is 24.3 Å². The molecule has 0 aliphatic rings. The number of aliphatic hydroxyl groups excluding tert-OH is 1. The van der Waals surface area contributed by atoms with E-state index in [4.69, 9.17) is 21.4 Å². The number of carbonyl (C=O) groups excluding carboxylic acids is 2. The Balaban J connectivity index is 0.000000214. The lowest BCUT2D eigenvalue weighted by atomic mass is 10.0. The van der Waals surface area contributed by atoms with Crippen LogP contribution < -0.4 is 4.74 Å². The zero-order valence-electron chi connectivity index (χ0n) is 20.5. The molecule has 0 spiro atoms. The highest BCUT2D eigenvalue weighted by atomic mass is 35.5. The SMILES string of the molecule is CC(=O)c1ccc(F)cc1.COc1cccc(Cl)c1.O=C(Cc1cccc(CO)c1)c1ccc(F)cc1. The maximum absolute atomic E-state index is 12.7. The highest BCUT2D eigenvalue weighted by Gasteiger charge is 2.07. The lowest BCUT2D eigenvalue weighted by Crippen LogP contribution is -2.03. The molecule has 192 valence electrons. The molecule has 0 saturated carbocycles. The van der Waals surface area contributed by atoms with Gasteiger partial charge in [0.1, 0.15) is 17.4 Å². The van der Waals surface area contributed by atoms with Gasteiger partial charge in [0.25, 0.3) is 0 Å². The summed E-state index contributed by atoms with van der Waals surface area (Å²) in [6.07, 6.45) is 0.249. The number of hydrogen-bond acceptors (Lipinski definition) is 4. The minimum atomic E-state index is -0.353. The molecule has 0 saturated heterocycles. The first-order valence-corrected chi connectivity index (χ1v) is 11.6. The van der Waals surface area contributed by atoms with Crippen LogP contribution in [0.5, 0.6) is 5.75 Å². The second kappa shape index (κ2) is 15.3. The Labute approximate surface area is 220 Å². The van der Waals surface area contributed by atoms with Gasteiger partial charge < -0.3 is 9.84 Å². The molecule has 0 aromatic heterocycles. The summed E-state index contributed by atoms with van der Waals surface area (Å²) in [5.74, 6) is 0.0198. The number of aliphatic hydroxyl groups is 1. The molecule has 0 heterocycles. The molecule has 37 heavy (non-hydrogen) atoms. The first-order chi connectivity index (χ1) is 17.7. The third-order valence-electron chi connectivity index (χ3n) is 4.99. The Morgan fingerprint density at radius 1 is 0.784 bits per heavy atom. The lowest BCUT2D eigenvalue weighted by Gasteiger charge is -2.03. The van der Waals surface area contributed by atoms with E-state index in [0.29, 0.717) is 16.1 Å². The van der Waals surface area contributed by atoms with E-state index in [9.17, 15) is 18.4 Å². The normalized spacial score (nSPS) is 9.78. The Kier molecular flexibility index (Phi) is 12.1. The zero-order valence-corrected chi connectivity index (χ0v) is 21.2. The molecule has 0 amide bonds. The molecular formula is C30H27ClF2O4. The number of ether oxygens (including phenoxy) is 1. The zero-order chi connectivity index (χ0) is 27.2. The van der Waals surface area contributed by atoms with Crippen molar-refractivity contribution in [1.82, 2.24) is 0 Å². The minimum absolute atomic E-state index is 0.0417. The maximum Gasteiger partial charge on any atom is 0.167 e. The molecule has 0 fully saturated rings. The van der Waals surface area contributed by atoms with E-state index in [1.165, 1.54) is 55.5 Å². The van der Waals surface area contributed by atoms with Gasteiger partial charge in [-0.2, -0.15) is 0 Å². The van der Waals surface area contributed by atoms with Crippen LogP contribution in [0.15, 0.2) is 97.1 Å². The van der Waals surface area contributed by atoms with Crippen LogP contribution in [0.3, 0.4) is 0 Å². The number of benzene rings is 4. The topological polar surface area (TPSA) is 63.6 Å². The standard InChI is InChI=1S/C15H13FO2.C8H7FO.C7H7ClO/c16-14-6-4-13(5-7-14)15(18)9-11-2-1-3-12(8-11)10-17;1-6(10)7-2-4-8(9)5-3-7;1-9-7-4-2-3-6(8)5-7/h1-8,17H,9-10H2;2-5H,1H3;2-5H,1H3. The Morgan fingerprint density at radius 3 is 1.81 bits per heavy atom. The molecule has 0 atom stereocenters. The number of halogens is 3. The van der Waals surface area contributed by atoms with Crippen molar-refractivity contribution in [2.24, 2.45) is 0 Å². The van der Waals surface area contributed by atoms with Gasteiger partial charge in [0.15, 0.2) is 11.6 Å². The van der Waals surface area contributed by atoms with Crippen molar-refractivity contribution in [2.45, 2.75) is 20.0 Å². The molecule has 4 aromatic carbocycles. The van der Waals surface area contributed by atoms with Crippen molar-refractivity contribution in [3.8, 4) is 5.75 Å². The van der Waals surface area contributed by atoms with Crippen LogP contribution in [0.1, 0.15) is 38.8 Å². The Morgan fingerprint density at radius 2 is 1.32 bits per heavy atom. The van der Waals surface area contributed by atoms with Crippen LogP contribution in [0.25, 0.3) is 0 Å². The van der Waals surface area contributed by atoms with Gasteiger partial charge in [0.2, 0.25) is 0 Å². The predicted octanol–water partition coefficient (Wildman–Crippen LogP) is 7.12. The van der Waals surface area contributed by atoms with Crippen LogP contribution in [0.4, 0.5) is 8.78 Å². The molecular weight excluding hydrogens is 498 g/mol. The summed E-state index contributed by atoms with van der Waals surface area (Å²) in [4.78, 5) is 22.6. The molecule has 0 aliphatic heterocycles. The quantitative estimate of drug-likeness (QED) is 0.273. The fraction of sp³-hybridized carbons (Fsp3) is 0.133. The number of Topliss-reactive ketones (excluding diaryl/α,β-unsaturated/α-hetero) is 2. The van der Waals surface area contributed by atoms with Gasteiger partial charge in [-0.3, -0.25) is 9.59 Å². The summed E-state index contributed by atoms with van der Waals surface area (Å²) in [6.45, 7) is 1.41. The molecule has 7 heteroatoms. The summed E-state index contributed by atoms with van der Waals surface area (Å²) in [6, 6.07) is 25.5. The van der Waals surface area contributed by atoms with E-state index in [-0.39, 0.29) is 36.2 Å². The number of rotatable bonds is 6.